The number of amides is 1. The molecular weight excluding hydrogens is 250 g/mol. The molecule has 0 N–H and O–H groups in total. The molecular formula is C13H19NOS2. The fourth-order valence-electron chi connectivity index (χ4n) is 2.40. The Hall–Kier alpha value is -0.480. The molecule has 1 aromatic heterocycles. The van der Waals surface area contributed by atoms with E-state index in [4.69, 9.17) is 0 Å². The molecule has 1 amide bonds. The van der Waals surface area contributed by atoms with Gasteiger partial charge in [0.1, 0.15) is 0 Å². The first-order valence-corrected chi connectivity index (χ1v) is 8.07. The van der Waals surface area contributed by atoms with Crippen molar-refractivity contribution in [3.05, 3.63) is 22.4 Å². The standard InChI is InChI=1S/C13H19NOS2/c1-3-16-11-7-6-10(9-11)14(2)13(15)12-5-4-8-17-12/h4-5,8,10-11H,3,6-7,9H2,1-2H3. The number of carbonyl (C=O) groups is 1. The second kappa shape index (κ2) is 5.91. The minimum atomic E-state index is 0.187. The fraction of sp³-hybridized carbons (Fsp3) is 0.615. The molecule has 4 heteroatoms. The molecule has 1 fully saturated rings. The van der Waals surface area contributed by atoms with Gasteiger partial charge >= 0.3 is 0 Å². The van der Waals surface area contributed by atoms with Gasteiger partial charge in [0.05, 0.1) is 4.88 Å². The van der Waals surface area contributed by atoms with Crippen molar-refractivity contribution in [1.29, 1.82) is 0 Å². The van der Waals surface area contributed by atoms with Crippen LogP contribution >= 0.6 is 23.1 Å². The summed E-state index contributed by atoms with van der Waals surface area (Å²) in [4.78, 5) is 15.0. The largest absolute Gasteiger partial charge is 0.338 e. The Morgan fingerprint density at radius 2 is 2.41 bits per heavy atom. The number of rotatable bonds is 4. The van der Waals surface area contributed by atoms with Crippen LogP contribution in [0.25, 0.3) is 0 Å². The van der Waals surface area contributed by atoms with Gasteiger partial charge in [-0.1, -0.05) is 13.0 Å². The van der Waals surface area contributed by atoms with Crippen molar-refractivity contribution in [3.8, 4) is 0 Å². The first-order chi connectivity index (χ1) is 8.22. The summed E-state index contributed by atoms with van der Waals surface area (Å²) in [6.45, 7) is 2.21. The van der Waals surface area contributed by atoms with Crippen LogP contribution < -0.4 is 0 Å². The molecule has 2 atom stereocenters. The Morgan fingerprint density at radius 1 is 1.59 bits per heavy atom. The maximum atomic E-state index is 12.2. The van der Waals surface area contributed by atoms with Crippen molar-refractivity contribution in [2.24, 2.45) is 0 Å². The minimum Gasteiger partial charge on any atom is -0.338 e. The van der Waals surface area contributed by atoms with E-state index in [1.165, 1.54) is 23.5 Å². The highest BCUT2D eigenvalue weighted by Gasteiger charge is 2.30. The van der Waals surface area contributed by atoms with E-state index in [1.54, 1.807) is 0 Å². The van der Waals surface area contributed by atoms with Crippen molar-refractivity contribution in [2.75, 3.05) is 12.8 Å². The Kier molecular flexibility index (Phi) is 4.51. The van der Waals surface area contributed by atoms with E-state index in [2.05, 4.69) is 6.92 Å². The average Bonchev–Trinajstić information content (AvgIpc) is 2.98. The van der Waals surface area contributed by atoms with Crippen molar-refractivity contribution < 1.29 is 4.79 Å². The van der Waals surface area contributed by atoms with Crippen molar-refractivity contribution in [2.45, 2.75) is 37.5 Å². The quantitative estimate of drug-likeness (QED) is 0.834. The lowest BCUT2D eigenvalue weighted by molar-refractivity contribution is 0.0740. The lowest BCUT2D eigenvalue weighted by atomic mass is 10.2. The van der Waals surface area contributed by atoms with Gasteiger partial charge in [-0.2, -0.15) is 11.8 Å². The summed E-state index contributed by atoms with van der Waals surface area (Å²) in [6, 6.07) is 4.29. The molecule has 1 aliphatic carbocycles. The topological polar surface area (TPSA) is 20.3 Å². The van der Waals surface area contributed by atoms with Gasteiger partial charge in [0.2, 0.25) is 0 Å². The highest BCUT2D eigenvalue weighted by atomic mass is 32.2. The molecule has 17 heavy (non-hydrogen) atoms. The van der Waals surface area contributed by atoms with Gasteiger partial charge in [-0.05, 0) is 36.5 Å². The lowest BCUT2D eigenvalue weighted by Gasteiger charge is -2.24. The van der Waals surface area contributed by atoms with E-state index >= 15 is 0 Å². The van der Waals surface area contributed by atoms with Crippen LogP contribution in [0.15, 0.2) is 17.5 Å². The third kappa shape index (κ3) is 3.05. The fourth-order valence-corrected chi connectivity index (χ4v) is 4.23. The van der Waals surface area contributed by atoms with E-state index in [1.807, 2.05) is 41.2 Å². The molecule has 0 saturated heterocycles. The number of carbonyl (C=O) groups excluding carboxylic acids is 1. The van der Waals surface area contributed by atoms with Gasteiger partial charge in [0.15, 0.2) is 0 Å². The lowest BCUT2D eigenvalue weighted by Crippen LogP contribution is -2.35. The zero-order valence-corrected chi connectivity index (χ0v) is 12.0. The molecule has 0 radical (unpaired) electrons. The first-order valence-electron chi connectivity index (χ1n) is 6.14. The zero-order valence-electron chi connectivity index (χ0n) is 10.4. The number of thioether (sulfide) groups is 1. The van der Waals surface area contributed by atoms with Crippen LogP contribution in [0.2, 0.25) is 0 Å². The molecule has 2 rings (SSSR count). The summed E-state index contributed by atoms with van der Waals surface area (Å²) in [7, 11) is 1.95. The highest BCUT2D eigenvalue weighted by Crippen LogP contribution is 2.32. The molecule has 2 unspecified atom stereocenters. The van der Waals surface area contributed by atoms with E-state index in [0.717, 1.165) is 23.0 Å². The van der Waals surface area contributed by atoms with Crippen molar-refractivity contribution >= 4 is 29.0 Å². The Balaban J connectivity index is 1.93. The molecule has 0 spiro atoms. The van der Waals surface area contributed by atoms with Crippen LogP contribution in [0, 0.1) is 0 Å². The SMILES string of the molecule is CCSC1CCC(N(C)C(=O)c2cccs2)C1. The van der Waals surface area contributed by atoms with Gasteiger partial charge in [-0.3, -0.25) is 4.79 Å². The van der Waals surface area contributed by atoms with Crippen LogP contribution in [0.4, 0.5) is 0 Å². The summed E-state index contributed by atoms with van der Waals surface area (Å²) < 4.78 is 0. The average molecular weight is 269 g/mol. The molecule has 1 aliphatic rings. The maximum absolute atomic E-state index is 12.2. The van der Waals surface area contributed by atoms with E-state index in [9.17, 15) is 4.79 Å². The number of thiophene rings is 1. The zero-order chi connectivity index (χ0) is 12.3. The van der Waals surface area contributed by atoms with Gasteiger partial charge in [-0.15, -0.1) is 11.3 Å². The summed E-state index contributed by atoms with van der Waals surface area (Å²) in [5.41, 5.74) is 0. The molecule has 0 aromatic carbocycles. The summed E-state index contributed by atoms with van der Waals surface area (Å²) >= 11 is 3.57. The number of hydrogen-bond donors (Lipinski definition) is 0. The number of hydrogen-bond acceptors (Lipinski definition) is 3. The predicted molar refractivity (Wildman–Crippen MR) is 76.0 cm³/mol. The van der Waals surface area contributed by atoms with Crippen LogP contribution in [0.3, 0.4) is 0 Å². The first kappa shape index (κ1) is 13.0. The summed E-state index contributed by atoms with van der Waals surface area (Å²) in [6.07, 6.45) is 3.57. The monoisotopic (exact) mass is 269 g/mol. The second-order valence-electron chi connectivity index (χ2n) is 4.44. The molecule has 0 bridgehead atoms. The minimum absolute atomic E-state index is 0.187. The normalized spacial score (nSPS) is 23.9. The van der Waals surface area contributed by atoms with Crippen molar-refractivity contribution in [3.63, 3.8) is 0 Å². The molecule has 1 heterocycles. The van der Waals surface area contributed by atoms with E-state index in [0.29, 0.717) is 6.04 Å². The predicted octanol–water partition coefficient (Wildman–Crippen LogP) is 3.49. The Labute approximate surface area is 111 Å². The van der Waals surface area contributed by atoms with Crippen LogP contribution in [0.5, 0.6) is 0 Å². The highest BCUT2D eigenvalue weighted by molar-refractivity contribution is 7.99. The van der Waals surface area contributed by atoms with Gasteiger partial charge in [-0.25, -0.2) is 0 Å². The van der Waals surface area contributed by atoms with Crippen molar-refractivity contribution in [1.82, 2.24) is 4.90 Å². The molecule has 2 nitrogen and oxygen atoms in total. The van der Waals surface area contributed by atoms with E-state index < -0.39 is 0 Å². The van der Waals surface area contributed by atoms with Gasteiger partial charge in [0, 0.05) is 18.3 Å². The van der Waals surface area contributed by atoms with Crippen LogP contribution in [-0.4, -0.2) is 34.9 Å². The molecule has 94 valence electrons. The summed E-state index contributed by atoms with van der Waals surface area (Å²) in [5, 5.41) is 2.72. The van der Waals surface area contributed by atoms with Gasteiger partial charge in [0.25, 0.3) is 5.91 Å². The Bertz CT molecular complexity index is 364. The third-order valence-electron chi connectivity index (χ3n) is 3.36. The third-order valence-corrected chi connectivity index (χ3v) is 5.45. The molecule has 1 aromatic rings. The van der Waals surface area contributed by atoms with Gasteiger partial charge < -0.3 is 4.90 Å². The smallest absolute Gasteiger partial charge is 0.263 e. The maximum Gasteiger partial charge on any atom is 0.263 e. The Morgan fingerprint density at radius 3 is 3.06 bits per heavy atom. The van der Waals surface area contributed by atoms with E-state index in [-0.39, 0.29) is 5.91 Å². The van der Waals surface area contributed by atoms with Crippen LogP contribution in [0.1, 0.15) is 35.9 Å². The summed E-state index contributed by atoms with van der Waals surface area (Å²) in [5.74, 6) is 1.37. The second-order valence-corrected chi connectivity index (χ2v) is 6.96. The molecule has 0 aliphatic heterocycles. The molecule has 1 saturated carbocycles. The van der Waals surface area contributed by atoms with Crippen LogP contribution in [-0.2, 0) is 0 Å². The number of nitrogens with zero attached hydrogens (tertiary/aromatic N) is 1.